The maximum absolute atomic E-state index is 11.7. The van der Waals surface area contributed by atoms with E-state index in [9.17, 15) is 4.79 Å². The summed E-state index contributed by atoms with van der Waals surface area (Å²) in [6, 6.07) is 3.53. The molecular formula is C13H13N3O2S. The van der Waals surface area contributed by atoms with Crippen molar-refractivity contribution in [3.8, 4) is 11.8 Å². The van der Waals surface area contributed by atoms with Gasteiger partial charge in [-0.1, -0.05) is 11.8 Å². The van der Waals surface area contributed by atoms with E-state index in [1.165, 1.54) is 6.20 Å². The van der Waals surface area contributed by atoms with E-state index >= 15 is 0 Å². The fourth-order valence-corrected chi connectivity index (χ4v) is 2.21. The van der Waals surface area contributed by atoms with Crippen molar-refractivity contribution in [3.05, 3.63) is 39.8 Å². The van der Waals surface area contributed by atoms with Gasteiger partial charge >= 0.3 is 0 Å². The number of hydrogen-bond acceptors (Lipinski definition) is 4. The molecule has 6 heteroatoms. The average Bonchev–Trinajstić information content (AvgIpc) is 3.08. The van der Waals surface area contributed by atoms with Crippen LogP contribution in [0.3, 0.4) is 0 Å². The monoisotopic (exact) mass is 275 g/mol. The van der Waals surface area contributed by atoms with E-state index in [2.05, 4.69) is 27.4 Å². The number of thiophene rings is 1. The molecule has 98 valence electrons. The standard InChI is InChI=1S/C13H13N3O2S/c17-7-2-1-3-10-5-8-19-12(10)9-14-13(18)11-4-6-15-16-11/h4-6,8,17H,2,7,9H2,(H,14,18)(H,15,16). The molecule has 19 heavy (non-hydrogen) atoms. The van der Waals surface area contributed by atoms with Crippen LogP contribution >= 0.6 is 11.3 Å². The highest BCUT2D eigenvalue weighted by Gasteiger charge is 2.08. The molecule has 2 rings (SSSR count). The SMILES string of the molecule is O=C(NCc1sccc1C#CCCO)c1ccn[nH]1. The Morgan fingerprint density at radius 2 is 2.42 bits per heavy atom. The predicted molar refractivity (Wildman–Crippen MR) is 72.7 cm³/mol. The topological polar surface area (TPSA) is 78.0 Å². The fourth-order valence-electron chi connectivity index (χ4n) is 1.44. The number of carbonyl (C=O) groups is 1. The maximum Gasteiger partial charge on any atom is 0.269 e. The molecule has 0 aliphatic carbocycles. The number of aromatic nitrogens is 2. The van der Waals surface area contributed by atoms with E-state index in [-0.39, 0.29) is 12.5 Å². The van der Waals surface area contributed by atoms with Crippen LogP contribution in [0, 0.1) is 11.8 Å². The molecule has 0 saturated heterocycles. The molecule has 5 nitrogen and oxygen atoms in total. The van der Waals surface area contributed by atoms with Crippen LogP contribution in [0.1, 0.15) is 27.3 Å². The Morgan fingerprint density at radius 3 is 3.16 bits per heavy atom. The number of nitrogens with zero attached hydrogens (tertiary/aromatic N) is 1. The zero-order valence-electron chi connectivity index (χ0n) is 10.1. The minimum Gasteiger partial charge on any atom is -0.395 e. The minimum absolute atomic E-state index is 0.0586. The van der Waals surface area contributed by atoms with Gasteiger partial charge in [0.2, 0.25) is 0 Å². The van der Waals surface area contributed by atoms with Gasteiger partial charge in [0, 0.05) is 23.1 Å². The smallest absolute Gasteiger partial charge is 0.269 e. The molecule has 0 aliphatic heterocycles. The van der Waals surface area contributed by atoms with Crippen molar-refractivity contribution in [2.45, 2.75) is 13.0 Å². The number of nitrogens with one attached hydrogen (secondary N) is 2. The van der Waals surface area contributed by atoms with Gasteiger partial charge in [-0.3, -0.25) is 9.89 Å². The van der Waals surface area contributed by atoms with Crippen LogP contribution in [0.4, 0.5) is 0 Å². The highest BCUT2D eigenvalue weighted by atomic mass is 32.1. The summed E-state index contributed by atoms with van der Waals surface area (Å²) in [5.74, 6) is 5.66. The normalized spacial score (nSPS) is 9.74. The summed E-state index contributed by atoms with van der Waals surface area (Å²) in [6.45, 7) is 0.488. The maximum atomic E-state index is 11.7. The second kappa shape index (κ2) is 6.73. The van der Waals surface area contributed by atoms with Crippen molar-refractivity contribution < 1.29 is 9.90 Å². The van der Waals surface area contributed by atoms with Gasteiger partial charge in [-0.2, -0.15) is 5.10 Å². The van der Waals surface area contributed by atoms with E-state index < -0.39 is 0 Å². The highest BCUT2D eigenvalue weighted by molar-refractivity contribution is 7.10. The summed E-state index contributed by atoms with van der Waals surface area (Å²) >= 11 is 1.54. The van der Waals surface area contributed by atoms with Crippen molar-refractivity contribution in [1.29, 1.82) is 0 Å². The van der Waals surface area contributed by atoms with Crippen LogP contribution in [0.2, 0.25) is 0 Å². The summed E-state index contributed by atoms with van der Waals surface area (Å²) in [4.78, 5) is 12.7. The molecule has 2 heterocycles. The predicted octanol–water partition coefficient (Wildman–Crippen LogP) is 1.14. The van der Waals surface area contributed by atoms with Gasteiger partial charge in [0.1, 0.15) is 5.69 Å². The van der Waals surface area contributed by atoms with Crippen LogP contribution in [0.5, 0.6) is 0 Å². The summed E-state index contributed by atoms with van der Waals surface area (Å²) in [5, 5.41) is 19.7. The van der Waals surface area contributed by atoms with Crippen molar-refractivity contribution in [2.75, 3.05) is 6.61 Å². The Morgan fingerprint density at radius 1 is 1.53 bits per heavy atom. The largest absolute Gasteiger partial charge is 0.395 e. The number of aliphatic hydroxyl groups excluding tert-OH is 1. The van der Waals surface area contributed by atoms with E-state index in [0.29, 0.717) is 18.7 Å². The van der Waals surface area contributed by atoms with E-state index in [1.807, 2.05) is 11.4 Å². The van der Waals surface area contributed by atoms with Crippen LogP contribution in [0.15, 0.2) is 23.7 Å². The molecule has 2 aromatic rings. The lowest BCUT2D eigenvalue weighted by Crippen LogP contribution is -2.23. The van der Waals surface area contributed by atoms with E-state index in [4.69, 9.17) is 5.11 Å². The molecule has 0 bridgehead atoms. The summed E-state index contributed by atoms with van der Waals surface area (Å²) in [6.07, 6.45) is 1.99. The number of aliphatic hydroxyl groups is 1. The second-order valence-electron chi connectivity index (χ2n) is 3.69. The molecule has 3 N–H and O–H groups in total. The highest BCUT2D eigenvalue weighted by Crippen LogP contribution is 2.15. The number of amides is 1. The van der Waals surface area contributed by atoms with E-state index in [1.54, 1.807) is 17.4 Å². The van der Waals surface area contributed by atoms with Gasteiger partial charge in [0.25, 0.3) is 5.91 Å². The number of carbonyl (C=O) groups excluding carboxylic acids is 1. The Bertz CT molecular complexity index is 593. The molecule has 0 fully saturated rings. The van der Waals surface area contributed by atoms with Gasteiger partial charge in [0.05, 0.1) is 13.2 Å². The molecule has 1 amide bonds. The third-order valence-electron chi connectivity index (χ3n) is 2.36. The summed E-state index contributed by atoms with van der Waals surface area (Å²) < 4.78 is 0. The molecule has 0 unspecified atom stereocenters. The van der Waals surface area contributed by atoms with Crippen molar-refractivity contribution in [1.82, 2.24) is 15.5 Å². The number of aromatic amines is 1. The minimum atomic E-state index is -0.194. The van der Waals surface area contributed by atoms with Gasteiger partial charge in [-0.25, -0.2) is 0 Å². The first-order valence-electron chi connectivity index (χ1n) is 5.75. The number of rotatable bonds is 4. The Balaban J connectivity index is 1.95. The lowest BCUT2D eigenvalue weighted by atomic mass is 10.2. The Hall–Kier alpha value is -2.10. The molecule has 0 saturated carbocycles. The van der Waals surface area contributed by atoms with Gasteiger partial charge in [-0.15, -0.1) is 11.3 Å². The first-order chi connectivity index (χ1) is 9.31. The third-order valence-corrected chi connectivity index (χ3v) is 3.28. The first kappa shape index (κ1) is 13.3. The summed E-state index contributed by atoms with van der Waals surface area (Å²) in [7, 11) is 0. The zero-order valence-corrected chi connectivity index (χ0v) is 11.0. The molecule has 0 aromatic carbocycles. The van der Waals surface area contributed by atoms with Crippen LogP contribution in [-0.4, -0.2) is 27.8 Å². The van der Waals surface area contributed by atoms with Crippen molar-refractivity contribution in [3.63, 3.8) is 0 Å². The number of H-pyrrole nitrogens is 1. The fraction of sp³-hybridized carbons (Fsp3) is 0.231. The van der Waals surface area contributed by atoms with Gasteiger partial charge < -0.3 is 10.4 Å². The van der Waals surface area contributed by atoms with Gasteiger partial charge in [0.15, 0.2) is 0 Å². The lowest BCUT2D eigenvalue weighted by Gasteiger charge is -2.02. The Labute approximate surface area is 114 Å². The summed E-state index contributed by atoms with van der Waals surface area (Å²) in [5.41, 5.74) is 1.33. The zero-order chi connectivity index (χ0) is 13.5. The van der Waals surface area contributed by atoms with Crippen LogP contribution in [-0.2, 0) is 6.54 Å². The van der Waals surface area contributed by atoms with Gasteiger partial charge in [-0.05, 0) is 17.5 Å². The molecule has 0 radical (unpaired) electrons. The Kier molecular flexibility index (Phi) is 4.72. The van der Waals surface area contributed by atoms with Crippen molar-refractivity contribution >= 4 is 17.2 Å². The van der Waals surface area contributed by atoms with Crippen molar-refractivity contribution in [2.24, 2.45) is 0 Å². The molecule has 2 aromatic heterocycles. The molecule has 0 aliphatic rings. The molecular weight excluding hydrogens is 262 g/mol. The van der Waals surface area contributed by atoms with Crippen LogP contribution < -0.4 is 5.32 Å². The quantitative estimate of drug-likeness (QED) is 0.732. The first-order valence-corrected chi connectivity index (χ1v) is 6.63. The molecule has 0 spiro atoms. The third kappa shape index (κ3) is 3.68. The van der Waals surface area contributed by atoms with E-state index in [0.717, 1.165) is 10.4 Å². The molecule has 0 atom stereocenters. The average molecular weight is 275 g/mol. The second-order valence-corrected chi connectivity index (χ2v) is 4.69. The number of hydrogen-bond donors (Lipinski definition) is 3. The van der Waals surface area contributed by atoms with Crippen LogP contribution in [0.25, 0.3) is 0 Å². The lowest BCUT2D eigenvalue weighted by molar-refractivity contribution is 0.0946.